The molecule has 2 aliphatic heterocycles. The van der Waals surface area contributed by atoms with Gasteiger partial charge in [0, 0.05) is 5.41 Å². The van der Waals surface area contributed by atoms with Crippen LogP contribution in [0.5, 0.6) is 23.0 Å². The molecule has 10 nitrogen and oxygen atoms in total. The first-order chi connectivity index (χ1) is 31.9. The van der Waals surface area contributed by atoms with E-state index in [1.807, 2.05) is 107 Å². The van der Waals surface area contributed by atoms with Gasteiger partial charge in [0.1, 0.15) is 46.9 Å². The van der Waals surface area contributed by atoms with Crippen molar-refractivity contribution in [3.63, 3.8) is 0 Å². The highest BCUT2D eigenvalue weighted by Crippen LogP contribution is 2.40. The van der Waals surface area contributed by atoms with E-state index in [0.29, 0.717) is 36.2 Å². The molecule has 0 bridgehead atoms. The molecule has 12 heteroatoms. The van der Waals surface area contributed by atoms with Crippen molar-refractivity contribution in [3.05, 3.63) is 157 Å². The predicted molar refractivity (Wildman–Crippen MR) is 264 cm³/mol. The lowest BCUT2D eigenvalue weighted by atomic mass is 9.72. The Balaban J connectivity index is 0.852. The van der Waals surface area contributed by atoms with Gasteiger partial charge in [-0.1, -0.05) is 83.1 Å². The summed E-state index contributed by atoms with van der Waals surface area (Å²) in [5, 5.41) is 0. The van der Waals surface area contributed by atoms with Gasteiger partial charge in [-0.25, -0.2) is 16.8 Å². The summed E-state index contributed by atoms with van der Waals surface area (Å²) in [6.07, 6.45) is -0.974. The van der Waals surface area contributed by atoms with Gasteiger partial charge in [-0.2, -0.15) is 0 Å². The summed E-state index contributed by atoms with van der Waals surface area (Å²) in [7, 11) is -7.48. The summed E-state index contributed by atoms with van der Waals surface area (Å²) >= 11 is 0. The fourth-order valence-corrected chi connectivity index (χ4v) is 11.0. The first-order valence-electron chi connectivity index (χ1n) is 23.0. The number of fused-ring (bicyclic) bond motifs is 1. The second kappa shape index (κ2) is 18.4. The number of rotatable bonds is 14. The van der Waals surface area contributed by atoms with Crippen molar-refractivity contribution >= 4 is 19.7 Å². The molecular weight excluding hydrogens is 897 g/mol. The maximum atomic E-state index is 13.8. The van der Waals surface area contributed by atoms with Gasteiger partial charge in [-0.05, 0) is 159 Å². The Labute approximate surface area is 402 Å². The van der Waals surface area contributed by atoms with E-state index in [9.17, 15) is 16.8 Å². The standard InChI is InChI=1S/C56H62O10S2/c1-53(2,3)39-15-27-45(28-16-39)67(57,58)47-31-23-42(24-32-47)63-41-19-11-37(12-20-41)38-13-21-44(22-14-38)65-56(9,10)55(7,8)40-17-29-46(30-18-40)68(59,60)48-33-25-43(26-34-48)64-49-35-61-52-50(36-62-51(49)52)66-54(4,5)6/h11-34,49-52H,35-36H2,1-10H3. The zero-order chi connectivity index (χ0) is 48.9. The molecule has 6 aromatic carbocycles. The van der Waals surface area contributed by atoms with Gasteiger partial charge >= 0.3 is 0 Å². The molecule has 4 unspecified atom stereocenters. The van der Waals surface area contributed by atoms with Gasteiger partial charge in [-0.3, -0.25) is 0 Å². The third-order valence-corrected chi connectivity index (χ3v) is 16.7. The lowest BCUT2D eigenvalue weighted by Gasteiger charge is -2.42. The fraction of sp³-hybridized carbons (Fsp3) is 0.357. The van der Waals surface area contributed by atoms with E-state index in [1.54, 1.807) is 72.8 Å². The lowest BCUT2D eigenvalue weighted by molar-refractivity contribution is -0.104. The molecule has 0 saturated carbocycles. The largest absolute Gasteiger partial charge is 0.487 e. The Kier molecular flexibility index (Phi) is 13.3. The summed E-state index contributed by atoms with van der Waals surface area (Å²) in [6.45, 7) is 21.3. The van der Waals surface area contributed by atoms with Crippen molar-refractivity contribution in [2.75, 3.05) is 13.2 Å². The molecule has 4 atom stereocenters. The van der Waals surface area contributed by atoms with Crippen LogP contribution in [0.2, 0.25) is 0 Å². The van der Waals surface area contributed by atoms with Crippen molar-refractivity contribution in [3.8, 4) is 34.1 Å². The molecule has 0 spiro atoms. The summed E-state index contributed by atoms with van der Waals surface area (Å²) in [5.41, 5.74) is 2.35. The van der Waals surface area contributed by atoms with Crippen molar-refractivity contribution in [1.29, 1.82) is 0 Å². The number of hydrogen-bond acceptors (Lipinski definition) is 10. The van der Waals surface area contributed by atoms with E-state index in [4.69, 9.17) is 28.4 Å². The van der Waals surface area contributed by atoms with E-state index in [0.717, 1.165) is 22.3 Å². The minimum Gasteiger partial charge on any atom is -0.487 e. The van der Waals surface area contributed by atoms with Crippen LogP contribution in [0.4, 0.5) is 0 Å². The van der Waals surface area contributed by atoms with Gasteiger partial charge in [0.15, 0.2) is 6.10 Å². The number of benzene rings is 6. The molecule has 0 aromatic heterocycles. The molecular formula is C56H62O10S2. The van der Waals surface area contributed by atoms with E-state index in [1.165, 1.54) is 0 Å². The third-order valence-electron chi connectivity index (χ3n) is 13.1. The molecule has 0 amide bonds. The molecule has 2 aliphatic rings. The van der Waals surface area contributed by atoms with E-state index in [2.05, 4.69) is 34.6 Å². The van der Waals surface area contributed by atoms with Gasteiger partial charge in [-0.15, -0.1) is 0 Å². The minimum atomic E-state index is -3.81. The molecule has 0 aliphatic carbocycles. The highest BCUT2D eigenvalue weighted by Gasteiger charge is 2.50. The molecule has 2 fully saturated rings. The molecule has 358 valence electrons. The maximum Gasteiger partial charge on any atom is 0.206 e. The normalized spacial score (nSPS) is 19.1. The number of sulfone groups is 2. The van der Waals surface area contributed by atoms with Crippen LogP contribution in [0.15, 0.2) is 165 Å². The highest BCUT2D eigenvalue weighted by atomic mass is 32.2. The molecule has 0 radical (unpaired) electrons. The van der Waals surface area contributed by atoms with Crippen LogP contribution in [0, 0.1) is 0 Å². The second-order valence-electron chi connectivity index (χ2n) is 20.7. The summed E-state index contributed by atoms with van der Waals surface area (Å²) in [4.78, 5) is 0.811. The van der Waals surface area contributed by atoms with E-state index < -0.39 is 30.7 Å². The monoisotopic (exact) mass is 958 g/mol. The van der Waals surface area contributed by atoms with Crippen LogP contribution < -0.4 is 14.2 Å². The third kappa shape index (κ3) is 10.4. The van der Waals surface area contributed by atoms with Crippen LogP contribution in [-0.2, 0) is 44.7 Å². The molecule has 68 heavy (non-hydrogen) atoms. The van der Waals surface area contributed by atoms with Crippen LogP contribution in [0.3, 0.4) is 0 Å². The number of hydrogen-bond donors (Lipinski definition) is 0. The van der Waals surface area contributed by atoms with Crippen LogP contribution in [0.1, 0.15) is 80.4 Å². The number of ether oxygens (including phenoxy) is 6. The Bertz CT molecular complexity index is 2910. The average molecular weight is 959 g/mol. The lowest BCUT2D eigenvalue weighted by Crippen LogP contribution is -2.47. The Morgan fingerprint density at radius 2 is 0.809 bits per heavy atom. The van der Waals surface area contributed by atoms with Crippen LogP contribution in [0.25, 0.3) is 11.1 Å². The highest BCUT2D eigenvalue weighted by molar-refractivity contribution is 7.91. The first kappa shape index (κ1) is 48.9. The van der Waals surface area contributed by atoms with Gasteiger partial charge in [0.05, 0.1) is 38.4 Å². The van der Waals surface area contributed by atoms with Gasteiger partial charge in [0.25, 0.3) is 0 Å². The fourth-order valence-electron chi connectivity index (χ4n) is 8.44. The zero-order valence-corrected chi connectivity index (χ0v) is 42.1. The quantitative estimate of drug-likeness (QED) is 0.104. The van der Waals surface area contributed by atoms with E-state index in [-0.39, 0.29) is 55.0 Å². The second-order valence-corrected chi connectivity index (χ2v) is 24.6. The summed E-state index contributed by atoms with van der Waals surface area (Å²) in [6, 6.07) is 42.6. The molecule has 2 saturated heterocycles. The van der Waals surface area contributed by atoms with Gasteiger partial charge < -0.3 is 28.4 Å². The molecule has 2 heterocycles. The zero-order valence-electron chi connectivity index (χ0n) is 40.5. The van der Waals surface area contributed by atoms with E-state index >= 15 is 0 Å². The Hall–Kier alpha value is -5.50. The van der Waals surface area contributed by atoms with Crippen LogP contribution >= 0.6 is 0 Å². The Morgan fingerprint density at radius 1 is 0.441 bits per heavy atom. The van der Waals surface area contributed by atoms with Gasteiger partial charge in [0.2, 0.25) is 19.7 Å². The van der Waals surface area contributed by atoms with Crippen molar-refractivity contribution in [2.45, 2.75) is 135 Å². The molecule has 8 rings (SSSR count). The molecule has 6 aromatic rings. The summed E-state index contributed by atoms with van der Waals surface area (Å²) in [5.74, 6) is 2.37. The minimum absolute atomic E-state index is 0.0726. The van der Waals surface area contributed by atoms with Crippen molar-refractivity contribution in [1.82, 2.24) is 0 Å². The topological polar surface area (TPSA) is 124 Å². The first-order valence-corrected chi connectivity index (χ1v) is 25.9. The smallest absolute Gasteiger partial charge is 0.206 e. The van der Waals surface area contributed by atoms with Crippen LogP contribution in [-0.4, -0.2) is 65.7 Å². The predicted octanol–water partition coefficient (Wildman–Crippen LogP) is 12.0. The maximum absolute atomic E-state index is 13.8. The summed E-state index contributed by atoms with van der Waals surface area (Å²) < 4.78 is 91.2. The average Bonchev–Trinajstić information content (AvgIpc) is 3.88. The SMILES string of the molecule is CC(C)(C)OC1COC2C(Oc3ccc(S(=O)(=O)c4ccc(C(C)(C)C(C)(C)Oc5ccc(-c6ccc(Oc7ccc(S(=O)(=O)c8ccc(C(C)(C)C)cc8)cc7)cc6)cc5)cc4)cc3)COC12. The molecule has 0 N–H and O–H groups in total. The Morgan fingerprint density at radius 3 is 1.25 bits per heavy atom. The van der Waals surface area contributed by atoms with Crippen molar-refractivity contribution in [2.24, 2.45) is 0 Å². The van der Waals surface area contributed by atoms with Crippen molar-refractivity contribution < 1.29 is 45.3 Å².